The monoisotopic (exact) mass is 1120 g/mol. The molecule has 0 N–H and O–H groups in total. The average Bonchev–Trinajstić information content (AvgIpc) is 3.46. The van der Waals surface area contributed by atoms with E-state index >= 15 is 0 Å². The van der Waals surface area contributed by atoms with Crippen molar-refractivity contribution in [1.82, 2.24) is 0 Å². The maximum Gasteiger partial charge on any atom is 0.306 e. The van der Waals surface area contributed by atoms with E-state index in [0.29, 0.717) is 19.3 Å². The largest absolute Gasteiger partial charge is 0.462 e. The van der Waals surface area contributed by atoms with Crippen molar-refractivity contribution >= 4 is 17.9 Å². The predicted molar refractivity (Wildman–Crippen MR) is 348 cm³/mol. The van der Waals surface area contributed by atoms with Gasteiger partial charge in [-0.05, 0) is 89.9 Å². The lowest BCUT2D eigenvalue weighted by molar-refractivity contribution is -0.167. The number of carbonyl (C=O) groups is 3. The third-order valence-electron chi connectivity index (χ3n) is 15.4. The van der Waals surface area contributed by atoms with Gasteiger partial charge in [0.25, 0.3) is 0 Å². The fourth-order valence-electron chi connectivity index (χ4n) is 10.2. The quantitative estimate of drug-likeness (QED) is 0.0261. The molecule has 0 fully saturated rings. The molecule has 0 aliphatic heterocycles. The zero-order valence-electron chi connectivity index (χ0n) is 53.3. The molecule has 0 heterocycles. The molecule has 0 spiro atoms. The lowest BCUT2D eigenvalue weighted by Crippen LogP contribution is -2.30. The van der Waals surface area contributed by atoms with Gasteiger partial charge in [-0.2, -0.15) is 0 Å². The summed E-state index contributed by atoms with van der Waals surface area (Å²) < 4.78 is 16.9. The highest BCUT2D eigenvalue weighted by atomic mass is 16.6. The Morgan fingerprint density at radius 1 is 0.263 bits per heavy atom. The van der Waals surface area contributed by atoms with Crippen molar-refractivity contribution in [1.29, 1.82) is 0 Å². The lowest BCUT2D eigenvalue weighted by atomic mass is 10.0. The predicted octanol–water partition coefficient (Wildman–Crippen LogP) is 24.1. The molecule has 0 aromatic carbocycles. The van der Waals surface area contributed by atoms with Crippen molar-refractivity contribution in [2.75, 3.05) is 13.2 Å². The van der Waals surface area contributed by atoms with Crippen molar-refractivity contribution in [3.63, 3.8) is 0 Å². The standard InChI is InChI=1S/C74H132O6/c1-4-7-10-13-16-19-22-25-28-29-30-31-32-33-34-35-36-37-38-39-40-41-42-43-44-45-47-49-52-55-58-61-64-67-73(76)79-70-71(69-78-72(75)66-63-60-57-54-51-48-27-24-21-18-15-12-9-6-3)80-74(77)68-65-62-59-56-53-50-46-26-23-20-17-14-11-8-5-2/h8,11,17,20,22,25-26,29-30,46,53,56,71H,4-7,9-10,12-16,18-19,21,23-24,27-28,31-45,47-52,54-55,57-70H2,1-3H3/b11-8-,20-17-,25-22-,30-29-,46-26-,56-53-. The molecule has 6 heteroatoms. The van der Waals surface area contributed by atoms with Crippen LogP contribution in [-0.2, 0) is 28.6 Å². The molecular formula is C74H132O6. The van der Waals surface area contributed by atoms with E-state index in [1.165, 1.54) is 231 Å². The molecule has 0 radical (unpaired) electrons. The molecule has 80 heavy (non-hydrogen) atoms. The van der Waals surface area contributed by atoms with Crippen LogP contribution < -0.4 is 0 Å². The van der Waals surface area contributed by atoms with Crippen LogP contribution in [0.4, 0.5) is 0 Å². The highest BCUT2D eigenvalue weighted by Gasteiger charge is 2.19. The summed E-state index contributed by atoms with van der Waals surface area (Å²) >= 11 is 0. The molecule has 0 bridgehead atoms. The van der Waals surface area contributed by atoms with Gasteiger partial charge in [-0.15, -0.1) is 0 Å². The molecular weight excluding hydrogens is 985 g/mol. The second-order valence-electron chi connectivity index (χ2n) is 23.4. The Balaban J connectivity index is 4.14. The molecule has 1 atom stereocenters. The van der Waals surface area contributed by atoms with Crippen LogP contribution in [0.25, 0.3) is 0 Å². The van der Waals surface area contributed by atoms with E-state index in [-0.39, 0.29) is 37.5 Å². The molecule has 0 aromatic rings. The van der Waals surface area contributed by atoms with Gasteiger partial charge in [-0.1, -0.05) is 325 Å². The van der Waals surface area contributed by atoms with E-state index in [1.54, 1.807) is 0 Å². The van der Waals surface area contributed by atoms with Crippen LogP contribution in [-0.4, -0.2) is 37.2 Å². The molecule has 0 saturated carbocycles. The molecule has 1 unspecified atom stereocenters. The third kappa shape index (κ3) is 65.7. The van der Waals surface area contributed by atoms with Crippen molar-refractivity contribution in [2.24, 2.45) is 0 Å². The van der Waals surface area contributed by atoms with Crippen LogP contribution in [0.5, 0.6) is 0 Å². The van der Waals surface area contributed by atoms with E-state index in [0.717, 1.165) is 83.5 Å². The zero-order chi connectivity index (χ0) is 57.8. The summed E-state index contributed by atoms with van der Waals surface area (Å²) in [5, 5.41) is 0. The maximum absolute atomic E-state index is 12.9. The van der Waals surface area contributed by atoms with E-state index in [9.17, 15) is 14.4 Å². The molecule has 0 aliphatic rings. The van der Waals surface area contributed by atoms with Crippen molar-refractivity contribution in [2.45, 2.75) is 367 Å². The number of hydrogen-bond donors (Lipinski definition) is 0. The number of unbranched alkanes of at least 4 members (excludes halogenated alkanes) is 41. The number of rotatable bonds is 64. The van der Waals surface area contributed by atoms with Gasteiger partial charge in [-0.25, -0.2) is 0 Å². The summed E-state index contributed by atoms with van der Waals surface area (Å²) in [6.45, 7) is 6.53. The fourth-order valence-corrected chi connectivity index (χ4v) is 10.2. The summed E-state index contributed by atoms with van der Waals surface area (Å²) in [6.07, 6.45) is 89.5. The minimum atomic E-state index is -0.795. The summed E-state index contributed by atoms with van der Waals surface area (Å²) in [4.78, 5) is 38.3. The number of ether oxygens (including phenoxy) is 3. The molecule has 0 aliphatic carbocycles. The minimum absolute atomic E-state index is 0.0873. The Kier molecular flexibility index (Phi) is 65.7. The van der Waals surface area contributed by atoms with E-state index < -0.39 is 6.10 Å². The second-order valence-corrected chi connectivity index (χ2v) is 23.4. The third-order valence-corrected chi connectivity index (χ3v) is 15.4. The number of hydrogen-bond acceptors (Lipinski definition) is 6. The van der Waals surface area contributed by atoms with Crippen LogP contribution in [0, 0.1) is 0 Å². The Morgan fingerprint density at radius 3 is 0.787 bits per heavy atom. The summed E-state index contributed by atoms with van der Waals surface area (Å²) in [5.74, 6) is -0.909. The fraction of sp³-hybridized carbons (Fsp3) is 0.797. The highest BCUT2D eigenvalue weighted by molar-refractivity contribution is 5.71. The molecule has 0 rings (SSSR count). The van der Waals surface area contributed by atoms with Crippen molar-refractivity contribution in [3.05, 3.63) is 72.9 Å². The van der Waals surface area contributed by atoms with Gasteiger partial charge in [0.15, 0.2) is 6.10 Å². The first-order valence-electron chi connectivity index (χ1n) is 34.9. The SMILES string of the molecule is CC/C=C\C/C=C\C/C=C\C/C=C\CCCCC(=O)OC(COC(=O)CCCCCCCCCCCCCCCC)COC(=O)CCCCCCCCCCCCCCCCCCCCCCC/C=C\C/C=C\CCCCCCC. The first-order chi connectivity index (χ1) is 39.5. The van der Waals surface area contributed by atoms with E-state index in [1.807, 2.05) is 0 Å². The van der Waals surface area contributed by atoms with Gasteiger partial charge in [0.1, 0.15) is 13.2 Å². The normalized spacial score (nSPS) is 12.5. The van der Waals surface area contributed by atoms with Crippen LogP contribution in [0.15, 0.2) is 72.9 Å². The van der Waals surface area contributed by atoms with Crippen molar-refractivity contribution in [3.8, 4) is 0 Å². The van der Waals surface area contributed by atoms with Gasteiger partial charge in [0.05, 0.1) is 0 Å². The minimum Gasteiger partial charge on any atom is -0.462 e. The van der Waals surface area contributed by atoms with Gasteiger partial charge < -0.3 is 14.2 Å². The highest BCUT2D eigenvalue weighted by Crippen LogP contribution is 2.18. The first-order valence-corrected chi connectivity index (χ1v) is 34.9. The second kappa shape index (κ2) is 68.3. The molecule has 464 valence electrons. The zero-order valence-corrected chi connectivity index (χ0v) is 53.3. The number of carbonyl (C=O) groups excluding carboxylic acids is 3. The Bertz CT molecular complexity index is 1470. The molecule has 0 aromatic heterocycles. The topological polar surface area (TPSA) is 78.9 Å². The first kappa shape index (κ1) is 76.9. The maximum atomic E-state index is 12.9. The van der Waals surface area contributed by atoms with Gasteiger partial charge >= 0.3 is 17.9 Å². The molecule has 0 saturated heterocycles. The lowest BCUT2D eigenvalue weighted by Gasteiger charge is -2.18. The Labute approximate surface area is 497 Å². The van der Waals surface area contributed by atoms with Crippen molar-refractivity contribution < 1.29 is 28.6 Å². The Hall–Kier alpha value is -3.15. The number of esters is 3. The molecule has 6 nitrogen and oxygen atoms in total. The van der Waals surface area contributed by atoms with Gasteiger partial charge in [0, 0.05) is 19.3 Å². The van der Waals surface area contributed by atoms with Crippen LogP contribution in [0.2, 0.25) is 0 Å². The average molecular weight is 1120 g/mol. The van der Waals surface area contributed by atoms with Gasteiger partial charge in [-0.3, -0.25) is 14.4 Å². The van der Waals surface area contributed by atoms with Crippen LogP contribution >= 0.6 is 0 Å². The van der Waals surface area contributed by atoms with E-state index in [2.05, 4.69) is 93.7 Å². The summed E-state index contributed by atoms with van der Waals surface area (Å²) in [7, 11) is 0. The number of allylic oxidation sites excluding steroid dienone is 12. The smallest absolute Gasteiger partial charge is 0.306 e. The van der Waals surface area contributed by atoms with E-state index in [4.69, 9.17) is 14.2 Å². The molecule has 0 amide bonds. The van der Waals surface area contributed by atoms with Crippen LogP contribution in [0.3, 0.4) is 0 Å². The Morgan fingerprint density at radius 2 is 0.487 bits per heavy atom. The van der Waals surface area contributed by atoms with Crippen LogP contribution in [0.1, 0.15) is 361 Å². The summed E-state index contributed by atoms with van der Waals surface area (Å²) in [5.41, 5.74) is 0. The summed E-state index contributed by atoms with van der Waals surface area (Å²) in [6, 6.07) is 0. The van der Waals surface area contributed by atoms with Gasteiger partial charge in [0.2, 0.25) is 0 Å².